The van der Waals surface area contributed by atoms with Gasteiger partial charge >= 0.3 is 0 Å². The van der Waals surface area contributed by atoms with Crippen LogP contribution in [0.2, 0.25) is 0 Å². The number of imidazole rings is 1. The van der Waals surface area contributed by atoms with Gasteiger partial charge in [-0.05, 0) is 42.9 Å². The van der Waals surface area contributed by atoms with Crippen LogP contribution in [0.1, 0.15) is 5.56 Å². The minimum Gasteiger partial charge on any atom is -0.378 e. The van der Waals surface area contributed by atoms with Gasteiger partial charge in [0.05, 0.1) is 18.9 Å². The average Bonchev–Trinajstić information content (AvgIpc) is 3.37. The molecule has 2 fully saturated rings. The van der Waals surface area contributed by atoms with Crippen LogP contribution < -0.4 is 15.1 Å². The van der Waals surface area contributed by atoms with Crippen molar-refractivity contribution in [3.63, 3.8) is 0 Å². The van der Waals surface area contributed by atoms with E-state index in [0.29, 0.717) is 61.5 Å². The summed E-state index contributed by atoms with van der Waals surface area (Å²) in [6, 6.07) is 15.1. The number of morpholine rings is 1. The standard InChI is InChI=1S/C27H31FN8O/c1-33-9-11-34(12-10-33)22-7-5-20(6-8-22)18-29-25-24-26(32-27(31-25)35-13-15-37-16-14-35)36(19-30-24)23-4-2-3-21(28)17-23/h2-8,17,19H,9-16,18H2,1H3,(H,29,31,32). The lowest BCUT2D eigenvalue weighted by molar-refractivity contribution is 0.122. The Morgan fingerprint density at radius 1 is 0.892 bits per heavy atom. The fourth-order valence-electron chi connectivity index (χ4n) is 4.81. The minimum atomic E-state index is -0.305. The molecule has 1 N–H and O–H groups in total. The first-order chi connectivity index (χ1) is 18.1. The third-order valence-corrected chi connectivity index (χ3v) is 7.03. The third kappa shape index (κ3) is 5.07. The highest BCUT2D eigenvalue weighted by Crippen LogP contribution is 2.26. The zero-order valence-electron chi connectivity index (χ0n) is 21.0. The first kappa shape index (κ1) is 23.6. The topological polar surface area (TPSA) is 74.6 Å². The Balaban J connectivity index is 1.27. The number of ether oxygens (including phenoxy) is 1. The van der Waals surface area contributed by atoms with Gasteiger partial charge in [0, 0.05) is 51.5 Å². The number of piperazine rings is 1. The summed E-state index contributed by atoms with van der Waals surface area (Å²) in [4.78, 5) is 21.2. The largest absolute Gasteiger partial charge is 0.378 e. The molecule has 10 heteroatoms. The summed E-state index contributed by atoms with van der Waals surface area (Å²) >= 11 is 0. The van der Waals surface area contributed by atoms with E-state index < -0.39 is 0 Å². The Bertz CT molecular complexity index is 1360. The van der Waals surface area contributed by atoms with Crippen LogP contribution in [0.25, 0.3) is 16.9 Å². The molecule has 0 aliphatic carbocycles. The van der Waals surface area contributed by atoms with Crippen molar-refractivity contribution in [3.05, 3.63) is 66.2 Å². The third-order valence-electron chi connectivity index (χ3n) is 7.03. The van der Waals surface area contributed by atoms with Crippen molar-refractivity contribution in [2.45, 2.75) is 6.54 Å². The van der Waals surface area contributed by atoms with Crippen LogP contribution in [0, 0.1) is 5.82 Å². The highest BCUT2D eigenvalue weighted by Gasteiger charge is 2.20. The molecule has 0 amide bonds. The Kier molecular flexibility index (Phi) is 6.58. The summed E-state index contributed by atoms with van der Waals surface area (Å²) in [6.45, 7) is 7.56. The number of aromatic nitrogens is 4. The van der Waals surface area contributed by atoms with E-state index in [1.165, 1.54) is 17.8 Å². The molecule has 0 unspecified atom stereocenters. The van der Waals surface area contributed by atoms with Gasteiger partial charge in [0.1, 0.15) is 12.1 Å². The molecule has 0 radical (unpaired) electrons. The van der Waals surface area contributed by atoms with Crippen molar-refractivity contribution in [1.82, 2.24) is 24.4 Å². The maximum Gasteiger partial charge on any atom is 0.229 e. The molecule has 2 aliphatic heterocycles. The second kappa shape index (κ2) is 10.3. The smallest absolute Gasteiger partial charge is 0.229 e. The van der Waals surface area contributed by atoms with Crippen LogP contribution in [0.5, 0.6) is 0 Å². The second-order valence-corrected chi connectivity index (χ2v) is 9.55. The number of hydrogen-bond acceptors (Lipinski definition) is 8. The summed E-state index contributed by atoms with van der Waals surface area (Å²) in [5.74, 6) is 0.965. The van der Waals surface area contributed by atoms with Crippen LogP contribution in [0.15, 0.2) is 54.9 Å². The van der Waals surface area contributed by atoms with Crippen LogP contribution >= 0.6 is 0 Å². The van der Waals surface area contributed by atoms with Crippen LogP contribution in [0.3, 0.4) is 0 Å². The number of nitrogens with zero attached hydrogens (tertiary/aromatic N) is 7. The second-order valence-electron chi connectivity index (χ2n) is 9.55. The molecule has 192 valence electrons. The molecule has 37 heavy (non-hydrogen) atoms. The van der Waals surface area contributed by atoms with Crippen molar-refractivity contribution in [2.75, 3.05) is 74.6 Å². The highest BCUT2D eigenvalue weighted by molar-refractivity contribution is 5.85. The van der Waals surface area contributed by atoms with E-state index in [1.807, 2.05) is 6.07 Å². The van der Waals surface area contributed by atoms with Crippen molar-refractivity contribution in [1.29, 1.82) is 0 Å². The maximum absolute atomic E-state index is 14.0. The fraction of sp³-hybridized carbons (Fsp3) is 0.370. The Morgan fingerprint density at radius 2 is 1.68 bits per heavy atom. The molecule has 2 aliphatic rings. The molecular formula is C27H31FN8O. The fourth-order valence-corrected chi connectivity index (χ4v) is 4.81. The van der Waals surface area contributed by atoms with E-state index in [2.05, 4.69) is 56.3 Å². The zero-order valence-corrected chi connectivity index (χ0v) is 21.0. The molecule has 2 aromatic carbocycles. The molecule has 2 saturated heterocycles. The molecular weight excluding hydrogens is 471 g/mol. The molecule has 0 spiro atoms. The zero-order chi connectivity index (χ0) is 25.2. The molecule has 9 nitrogen and oxygen atoms in total. The molecule has 0 bridgehead atoms. The van der Waals surface area contributed by atoms with Crippen molar-refractivity contribution < 1.29 is 9.13 Å². The van der Waals surface area contributed by atoms with E-state index in [1.54, 1.807) is 17.0 Å². The molecule has 2 aromatic heterocycles. The maximum atomic E-state index is 14.0. The Hall–Kier alpha value is -3.76. The quantitative estimate of drug-likeness (QED) is 0.431. The van der Waals surface area contributed by atoms with Gasteiger partial charge in [-0.2, -0.15) is 9.97 Å². The summed E-state index contributed by atoms with van der Waals surface area (Å²) in [5.41, 5.74) is 4.36. The van der Waals surface area contributed by atoms with Gasteiger partial charge in [-0.15, -0.1) is 0 Å². The first-order valence-electron chi connectivity index (χ1n) is 12.7. The van der Waals surface area contributed by atoms with E-state index in [-0.39, 0.29) is 5.82 Å². The Labute approximate surface area is 215 Å². The monoisotopic (exact) mass is 502 g/mol. The number of benzene rings is 2. The molecule has 0 atom stereocenters. The number of nitrogens with one attached hydrogen (secondary N) is 1. The van der Waals surface area contributed by atoms with E-state index in [4.69, 9.17) is 14.7 Å². The highest BCUT2D eigenvalue weighted by atomic mass is 19.1. The molecule has 4 heterocycles. The lowest BCUT2D eigenvalue weighted by Crippen LogP contribution is -2.44. The van der Waals surface area contributed by atoms with Gasteiger partial charge in [0.15, 0.2) is 17.0 Å². The molecule has 0 saturated carbocycles. The van der Waals surface area contributed by atoms with Gasteiger partial charge in [0.2, 0.25) is 5.95 Å². The first-order valence-corrected chi connectivity index (χ1v) is 12.7. The predicted octanol–water partition coefficient (Wildman–Crippen LogP) is 3.16. The number of halogens is 1. The molecule has 4 aromatic rings. The van der Waals surface area contributed by atoms with Crippen molar-refractivity contribution in [2.24, 2.45) is 0 Å². The number of likely N-dealkylation sites (N-methyl/N-ethyl adjacent to an activating group) is 1. The van der Waals surface area contributed by atoms with Crippen molar-refractivity contribution >= 4 is 28.6 Å². The summed E-state index contributed by atoms with van der Waals surface area (Å²) in [7, 11) is 2.17. The average molecular weight is 503 g/mol. The van der Waals surface area contributed by atoms with Gasteiger partial charge in [-0.1, -0.05) is 18.2 Å². The van der Waals surface area contributed by atoms with Crippen LogP contribution in [-0.4, -0.2) is 83.9 Å². The normalized spacial score (nSPS) is 16.9. The number of hydrogen-bond donors (Lipinski definition) is 1. The van der Waals surface area contributed by atoms with Gasteiger partial charge in [-0.3, -0.25) is 4.57 Å². The lowest BCUT2D eigenvalue weighted by Gasteiger charge is -2.34. The van der Waals surface area contributed by atoms with E-state index in [9.17, 15) is 4.39 Å². The minimum absolute atomic E-state index is 0.305. The van der Waals surface area contributed by atoms with E-state index in [0.717, 1.165) is 31.7 Å². The SMILES string of the molecule is CN1CCN(c2ccc(CNc3nc(N4CCOCC4)nc4c3ncn4-c3cccc(F)c3)cc2)CC1. The van der Waals surface area contributed by atoms with Crippen LogP contribution in [-0.2, 0) is 11.3 Å². The lowest BCUT2D eigenvalue weighted by atomic mass is 10.1. The summed E-state index contributed by atoms with van der Waals surface area (Å²) in [6.07, 6.45) is 1.67. The van der Waals surface area contributed by atoms with Gasteiger partial charge in [-0.25, -0.2) is 9.37 Å². The summed E-state index contributed by atoms with van der Waals surface area (Å²) in [5, 5.41) is 3.49. The van der Waals surface area contributed by atoms with Crippen LogP contribution in [0.4, 0.5) is 21.8 Å². The number of anilines is 3. The number of rotatable bonds is 6. The Morgan fingerprint density at radius 3 is 2.43 bits per heavy atom. The summed E-state index contributed by atoms with van der Waals surface area (Å²) < 4.78 is 21.3. The predicted molar refractivity (Wildman–Crippen MR) is 143 cm³/mol. The molecule has 6 rings (SSSR count). The van der Waals surface area contributed by atoms with Gasteiger partial charge in [0.25, 0.3) is 0 Å². The van der Waals surface area contributed by atoms with Crippen molar-refractivity contribution in [3.8, 4) is 5.69 Å². The number of fused-ring (bicyclic) bond motifs is 1. The van der Waals surface area contributed by atoms with Gasteiger partial charge < -0.3 is 24.8 Å². The van der Waals surface area contributed by atoms with E-state index >= 15 is 0 Å².